The van der Waals surface area contributed by atoms with Crippen LogP contribution < -0.4 is 5.32 Å². The van der Waals surface area contributed by atoms with Gasteiger partial charge in [0.2, 0.25) is 0 Å². The third-order valence-electron chi connectivity index (χ3n) is 3.93. The van der Waals surface area contributed by atoms with Crippen molar-refractivity contribution in [3.05, 3.63) is 29.3 Å². The van der Waals surface area contributed by atoms with Crippen LogP contribution in [-0.2, 0) is 12.8 Å². The minimum Gasteiger partial charge on any atom is -0.396 e. The van der Waals surface area contributed by atoms with E-state index in [1.165, 1.54) is 61.8 Å². The maximum Gasteiger partial charge on any atom is 0.0434 e. The summed E-state index contributed by atoms with van der Waals surface area (Å²) in [5, 5.41) is 12.3. The molecule has 0 aromatic heterocycles. The first-order valence-corrected chi connectivity index (χ1v) is 8.22. The third-order valence-corrected chi connectivity index (χ3v) is 3.93. The molecule has 0 aliphatic heterocycles. The minimum atomic E-state index is 0.272. The van der Waals surface area contributed by atoms with Crippen LogP contribution in [0.5, 0.6) is 0 Å². The van der Waals surface area contributed by atoms with Gasteiger partial charge in [0.1, 0.15) is 0 Å². The van der Waals surface area contributed by atoms with E-state index in [0.29, 0.717) is 0 Å². The summed E-state index contributed by atoms with van der Waals surface area (Å²) in [6.45, 7) is 2.53. The number of aliphatic hydroxyl groups is 1. The Labute approximate surface area is 124 Å². The minimum absolute atomic E-state index is 0.272. The molecule has 0 atom stereocenters. The Morgan fingerprint density at radius 1 is 0.950 bits per heavy atom. The molecule has 1 aromatic rings. The molecule has 0 amide bonds. The number of nitrogens with one attached hydrogen (secondary N) is 1. The van der Waals surface area contributed by atoms with Gasteiger partial charge in [-0.25, -0.2) is 0 Å². The summed E-state index contributed by atoms with van der Waals surface area (Å²) in [6, 6.07) is 6.53. The second-order valence-corrected chi connectivity index (χ2v) is 5.54. The Bertz CT molecular complexity index is 362. The lowest BCUT2D eigenvalue weighted by Crippen LogP contribution is -2.02. The summed E-state index contributed by atoms with van der Waals surface area (Å²) in [5.41, 5.74) is 4.08. The quantitative estimate of drug-likeness (QED) is 0.581. The van der Waals surface area contributed by atoms with Crippen molar-refractivity contribution >= 4 is 5.69 Å². The SMILES string of the molecule is CCCCCCCCc1cccc(NC)c1CCCO. The molecule has 114 valence electrons. The molecule has 20 heavy (non-hydrogen) atoms. The van der Waals surface area contributed by atoms with E-state index in [0.717, 1.165) is 12.8 Å². The molecular formula is C18H31NO. The van der Waals surface area contributed by atoms with Crippen LogP contribution in [0.25, 0.3) is 0 Å². The van der Waals surface area contributed by atoms with E-state index in [-0.39, 0.29) is 6.61 Å². The molecule has 1 aromatic carbocycles. The van der Waals surface area contributed by atoms with Gasteiger partial charge < -0.3 is 10.4 Å². The van der Waals surface area contributed by atoms with Crippen molar-refractivity contribution in [3.8, 4) is 0 Å². The molecule has 2 nitrogen and oxygen atoms in total. The summed E-state index contributed by atoms with van der Waals surface area (Å²) < 4.78 is 0. The molecular weight excluding hydrogens is 246 g/mol. The molecule has 0 radical (unpaired) electrons. The van der Waals surface area contributed by atoms with Gasteiger partial charge in [-0.15, -0.1) is 0 Å². The van der Waals surface area contributed by atoms with E-state index in [9.17, 15) is 0 Å². The molecule has 0 spiro atoms. The van der Waals surface area contributed by atoms with Crippen molar-refractivity contribution in [3.63, 3.8) is 0 Å². The van der Waals surface area contributed by atoms with E-state index in [4.69, 9.17) is 5.11 Å². The Balaban J connectivity index is 2.50. The van der Waals surface area contributed by atoms with Crippen molar-refractivity contribution in [2.45, 2.75) is 64.7 Å². The van der Waals surface area contributed by atoms with Crippen molar-refractivity contribution in [1.29, 1.82) is 0 Å². The monoisotopic (exact) mass is 277 g/mol. The Kier molecular flexibility index (Phi) is 9.14. The number of aliphatic hydroxyl groups excluding tert-OH is 1. The zero-order valence-electron chi connectivity index (χ0n) is 13.3. The maximum absolute atomic E-state index is 9.06. The molecule has 0 aliphatic carbocycles. The zero-order valence-corrected chi connectivity index (χ0v) is 13.3. The molecule has 0 bridgehead atoms. The van der Waals surface area contributed by atoms with E-state index < -0.39 is 0 Å². The fraction of sp³-hybridized carbons (Fsp3) is 0.667. The van der Waals surface area contributed by atoms with Crippen LogP contribution in [-0.4, -0.2) is 18.8 Å². The highest BCUT2D eigenvalue weighted by atomic mass is 16.2. The third kappa shape index (κ3) is 5.96. The zero-order chi connectivity index (χ0) is 14.6. The molecule has 0 heterocycles. The highest BCUT2D eigenvalue weighted by Crippen LogP contribution is 2.23. The Morgan fingerprint density at radius 3 is 2.40 bits per heavy atom. The van der Waals surface area contributed by atoms with Gasteiger partial charge in [-0.1, -0.05) is 51.2 Å². The summed E-state index contributed by atoms with van der Waals surface area (Å²) in [5.74, 6) is 0. The fourth-order valence-corrected chi connectivity index (χ4v) is 2.75. The predicted octanol–water partition coefficient (Wildman–Crippen LogP) is 4.56. The smallest absolute Gasteiger partial charge is 0.0434 e. The van der Waals surface area contributed by atoms with E-state index in [1.807, 2.05) is 7.05 Å². The van der Waals surface area contributed by atoms with Gasteiger partial charge in [-0.3, -0.25) is 0 Å². The van der Waals surface area contributed by atoms with Gasteiger partial charge in [0.25, 0.3) is 0 Å². The number of hydrogen-bond acceptors (Lipinski definition) is 2. The van der Waals surface area contributed by atoms with E-state index >= 15 is 0 Å². The lowest BCUT2D eigenvalue weighted by molar-refractivity contribution is 0.288. The molecule has 0 aliphatic rings. The van der Waals surface area contributed by atoms with Gasteiger partial charge in [0.05, 0.1) is 0 Å². The number of aryl methyl sites for hydroxylation is 1. The van der Waals surface area contributed by atoms with Crippen molar-refractivity contribution in [2.75, 3.05) is 19.0 Å². The van der Waals surface area contributed by atoms with Crippen LogP contribution in [0.15, 0.2) is 18.2 Å². The van der Waals surface area contributed by atoms with Crippen LogP contribution in [0.3, 0.4) is 0 Å². The summed E-state index contributed by atoms with van der Waals surface area (Å²) >= 11 is 0. The molecule has 1 rings (SSSR count). The van der Waals surface area contributed by atoms with Gasteiger partial charge in [0.15, 0.2) is 0 Å². The lowest BCUT2D eigenvalue weighted by Gasteiger charge is -2.14. The predicted molar refractivity (Wildman–Crippen MR) is 88.5 cm³/mol. The second kappa shape index (κ2) is 10.7. The fourth-order valence-electron chi connectivity index (χ4n) is 2.75. The molecule has 0 unspecified atom stereocenters. The van der Waals surface area contributed by atoms with Crippen molar-refractivity contribution in [2.24, 2.45) is 0 Å². The molecule has 0 saturated heterocycles. The number of unbranched alkanes of at least 4 members (excludes halogenated alkanes) is 5. The van der Waals surface area contributed by atoms with Gasteiger partial charge in [-0.2, -0.15) is 0 Å². The number of anilines is 1. The highest BCUT2D eigenvalue weighted by molar-refractivity contribution is 5.54. The molecule has 0 saturated carbocycles. The largest absolute Gasteiger partial charge is 0.396 e. The first-order chi connectivity index (χ1) is 9.83. The highest BCUT2D eigenvalue weighted by Gasteiger charge is 2.07. The van der Waals surface area contributed by atoms with E-state index in [2.05, 4.69) is 30.4 Å². The van der Waals surface area contributed by atoms with Crippen LogP contribution in [0.2, 0.25) is 0 Å². The topological polar surface area (TPSA) is 32.3 Å². The van der Waals surface area contributed by atoms with Gasteiger partial charge >= 0.3 is 0 Å². The lowest BCUT2D eigenvalue weighted by atomic mass is 9.96. The van der Waals surface area contributed by atoms with Crippen molar-refractivity contribution in [1.82, 2.24) is 0 Å². The first kappa shape index (κ1) is 17.0. The maximum atomic E-state index is 9.06. The average molecular weight is 277 g/mol. The number of hydrogen-bond donors (Lipinski definition) is 2. The second-order valence-electron chi connectivity index (χ2n) is 5.54. The number of benzene rings is 1. The van der Waals surface area contributed by atoms with Crippen LogP contribution >= 0.6 is 0 Å². The van der Waals surface area contributed by atoms with Crippen LogP contribution in [0.4, 0.5) is 5.69 Å². The Morgan fingerprint density at radius 2 is 1.70 bits per heavy atom. The van der Waals surface area contributed by atoms with Crippen LogP contribution in [0, 0.1) is 0 Å². The van der Waals surface area contributed by atoms with Crippen molar-refractivity contribution < 1.29 is 5.11 Å². The molecule has 2 N–H and O–H groups in total. The summed E-state index contributed by atoms with van der Waals surface area (Å²) in [7, 11) is 1.98. The molecule has 0 fully saturated rings. The molecule has 2 heteroatoms. The number of rotatable bonds is 11. The summed E-state index contributed by atoms with van der Waals surface area (Å²) in [6.07, 6.45) is 11.0. The van der Waals surface area contributed by atoms with E-state index in [1.54, 1.807) is 0 Å². The normalized spacial score (nSPS) is 10.8. The first-order valence-electron chi connectivity index (χ1n) is 8.22. The Hall–Kier alpha value is -1.02. The standard InChI is InChI=1S/C18H31NO/c1-3-4-5-6-7-8-11-16-12-9-14-18(19-2)17(16)13-10-15-20/h9,12,14,19-20H,3-8,10-11,13,15H2,1-2H3. The van der Waals surface area contributed by atoms with Gasteiger partial charge in [0, 0.05) is 19.3 Å². The summed E-state index contributed by atoms with van der Waals surface area (Å²) in [4.78, 5) is 0. The average Bonchev–Trinajstić information content (AvgIpc) is 2.49. The van der Waals surface area contributed by atoms with Gasteiger partial charge in [-0.05, 0) is 42.9 Å². The van der Waals surface area contributed by atoms with Crippen LogP contribution in [0.1, 0.15) is 63.0 Å².